The summed E-state index contributed by atoms with van der Waals surface area (Å²) in [5.74, 6) is 0.449. The van der Waals surface area contributed by atoms with Gasteiger partial charge in [0.1, 0.15) is 5.75 Å². The normalized spacial score (nSPS) is 11.4. The number of carbonyl (C=O) groups excluding carboxylic acids is 1. The van der Waals surface area contributed by atoms with Crippen LogP contribution < -0.4 is 10.1 Å². The molecule has 0 unspecified atom stereocenters. The average molecular weight is 499 g/mol. The van der Waals surface area contributed by atoms with Crippen molar-refractivity contribution in [2.45, 2.75) is 39.1 Å². The van der Waals surface area contributed by atoms with Gasteiger partial charge in [-0.3, -0.25) is 4.79 Å². The standard InChI is InChI=1S/C24H24F3N7O2/c1-2-21-31-22(17-8-10-20(11-9-17)36-24(25,26)27)34(32-21)19-7-5-6-18(16-19)23(35)28-12-3-4-15-33-29-13-14-30-33/h5-11,13-14,16H,2-4,12,15H2,1H3,(H,28,35). The Morgan fingerprint density at radius 1 is 1.06 bits per heavy atom. The molecule has 0 atom stereocenters. The number of hydrogen-bond donors (Lipinski definition) is 1. The lowest BCUT2D eigenvalue weighted by Gasteiger charge is -2.11. The number of nitrogens with one attached hydrogen (secondary N) is 1. The molecule has 0 aliphatic heterocycles. The van der Waals surface area contributed by atoms with E-state index in [1.54, 1.807) is 46.1 Å². The van der Waals surface area contributed by atoms with E-state index in [0.717, 1.165) is 12.8 Å². The average Bonchev–Trinajstić information content (AvgIpc) is 3.53. The summed E-state index contributed by atoms with van der Waals surface area (Å²) < 4.78 is 43.0. The van der Waals surface area contributed by atoms with E-state index in [1.807, 2.05) is 6.92 Å². The maximum Gasteiger partial charge on any atom is 0.573 e. The Bertz CT molecular complexity index is 1290. The van der Waals surface area contributed by atoms with E-state index in [4.69, 9.17) is 0 Å². The SMILES string of the molecule is CCc1nc(-c2ccc(OC(F)(F)F)cc2)n(-c2cccc(C(=O)NCCCCn3nccn3)c2)n1. The minimum Gasteiger partial charge on any atom is -0.406 e. The van der Waals surface area contributed by atoms with Crippen molar-refractivity contribution in [3.05, 3.63) is 72.3 Å². The number of ether oxygens (including phenoxy) is 1. The summed E-state index contributed by atoms with van der Waals surface area (Å²) in [7, 11) is 0. The highest BCUT2D eigenvalue weighted by molar-refractivity contribution is 5.94. The lowest BCUT2D eigenvalue weighted by molar-refractivity contribution is -0.274. The van der Waals surface area contributed by atoms with Crippen molar-refractivity contribution < 1.29 is 22.7 Å². The van der Waals surface area contributed by atoms with Crippen LogP contribution in [0.5, 0.6) is 5.75 Å². The molecule has 2 heterocycles. The Morgan fingerprint density at radius 3 is 2.50 bits per heavy atom. The molecule has 0 saturated heterocycles. The lowest BCUT2D eigenvalue weighted by Crippen LogP contribution is -2.24. The van der Waals surface area contributed by atoms with E-state index in [2.05, 4.69) is 30.3 Å². The molecule has 0 spiro atoms. The molecule has 4 aromatic rings. The van der Waals surface area contributed by atoms with Gasteiger partial charge in [-0.25, -0.2) is 9.67 Å². The van der Waals surface area contributed by atoms with E-state index in [-0.39, 0.29) is 11.7 Å². The van der Waals surface area contributed by atoms with Crippen LogP contribution in [-0.4, -0.2) is 48.6 Å². The summed E-state index contributed by atoms with van der Waals surface area (Å²) >= 11 is 0. The van der Waals surface area contributed by atoms with E-state index in [1.165, 1.54) is 24.3 Å². The van der Waals surface area contributed by atoms with Gasteiger partial charge in [0.05, 0.1) is 24.6 Å². The molecule has 0 aliphatic rings. The molecule has 1 amide bonds. The first-order chi connectivity index (χ1) is 17.3. The first-order valence-electron chi connectivity index (χ1n) is 11.4. The van der Waals surface area contributed by atoms with Crippen molar-refractivity contribution in [1.82, 2.24) is 35.1 Å². The second-order valence-electron chi connectivity index (χ2n) is 7.83. The molecular weight excluding hydrogens is 475 g/mol. The molecule has 4 rings (SSSR count). The second kappa shape index (κ2) is 11.0. The van der Waals surface area contributed by atoms with Gasteiger partial charge in [-0.15, -0.1) is 13.2 Å². The topological polar surface area (TPSA) is 99.8 Å². The molecule has 12 heteroatoms. The van der Waals surface area contributed by atoms with Gasteiger partial charge in [0.15, 0.2) is 11.6 Å². The molecule has 0 bridgehead atoms. The summed E-state index contributed by atoms with van der Waals surface area (Å²) in [6.45, 7) is 3.08. The molecule has 188 valence electrons. The van der Waals surface area contributed by atoms with Crippen LogP contribution in [0.25, 0.3) is 17.1 Å². The molecule has 2 aromatic carbocycles. The Labute approximate surface area is 204 Å². The van der Waals surface area contributed by atoms with Gasteiger partial charge in [0.25, 0.3) is 5.91 Å². The third kappa shape index (κ3) is 6.46. The lowest BCUT2D eigenvalue weighted by atomic mass is 10.1. The summed E-state index contributed by atoms with van der Waals surface area (Å²) in [6, 6.07) is 12.3. The third-order valence-corrected chi connectivity index (χ3v) is 5.20. The van der Waals surface area contributed by atoms with E-state index in [0.29, 0.717) is 48.0 Å². The number of unbranched alkanes of at least 4 members (excludes halogenated alkanes) is 1. The van der Waals surface area contributed by atoms with Gasteiger partial charge in [0.2, 0.25) is 0 Å². The Balaban J connectivity index is 1.47. The van der Waals surface area contributed by atoms with E-state index < -0.39 is 6.36 Å². The molecule has 0 aliphatic carbocycles. The zero-order valence-corrected chi connectivity index (χ0v) is 19.4. The molecule has 0 saturated carbocycles. The predicted octanol–water partition coefficient (Wildman–Crippen LogP) is 4.20. The van der Waals surface area contributed by atoms with Gasteiger partial charge < -0.3 is 10.1 Å². The number of carbonyl (C=O) groups is 1. The molecule has 0 radical (unpaired) electrons. The Kier molecular flexibility index (Phi) is 7.62. The van der Waals surface area contributed by atoms with Crippen LogP contribution in [-0.2, 0) is 13.0 Å². The Morgan fingerprint density at radius 2 is 1.81 bits per heavy atom. The van der Waals surface area contributed by atoms with Crippen LogP contribution in [0.1, 0.15) is 35.9 Å². The number of halogens is 3. The minimum atomic E-state index is -4.77. The summed E-state index contributed by atoms with van der Waals surface area (Å²) in [4.78, 5) is 18.8. The smallest absolute Gasteiger partial charge is 0.406 e. The van der Waals surface area contributed by atoms with Gasteiger partial charge in [0, 0.05) is 24.1 Å². The van der Waals surface area contributed by atoms with Crippen LogP contribution in [0.2, 0.25) is 0 Å². The summed E-state index contributed by atoms with van der Waals surface area (Å²) in [6.07, 6.45) is 0.628. The molecular formula is C24H24F3N7O2. The predicted molar refractivity (Wildman–Crippen MR) is 124 cm³/mol. The summed E-state index contributed by atoms with van der Waals surface area (Å²) in [5.41, 5.74) is 1.61. The fourth-order valence-corrected chi connectivity index (χ4v) is 3.50. The van der Waals surface area contributed by atoms with E-state index >= 15 is 0 Å². The number of rotatable bonds is 10. The van der Waals surface area contributed by atoms with Crippen molar-refractivity contribution >= 4 is 5.91 Å². The summed E-state index contributed by atoms with van der Waals surface area (Å²) in [5, 5.41) is 15.5. The fraction of sp³-hybridized carbons (Fsp3) is 0.292. The van der Waals surface area contributed by atoms with E-state index in [9.17, 15) is 18.0 Å². The number of benzene rings is 2. The number of aromatic nitrogens is 6. The Hall–Kier alpha value is -4.22. The largest absolute Gasteiger partial charge is 0.573 e. The maximum absolute atomic E-state index is 12.7. The number of hydrogen-bond acceptors (Lipinski definition) is 6. The van der Waals surface area contributed by atoms with Crippen LogP contribution in [0.4, 0.5) is 13.2 Å². The highest BCUT2D eigenvalue weighted by Crippen LogP contribution is 2.27. The van der Waals surface area contributed by atoms with Gasteiger partial charge in [-0.1, -0.05) is 13.0 Å². The van der Waals surface area contributed by atoms with Crippen molar-refractivity contribution in [3.8, 4) is 22.8 Å². The number of alkyl halides is 3. The molecule has 0 fully saturated rings. The highest BCUT2D eigenvalue weighted by atomic mass is 19.4. The van der Waals surface area contributed by atoms with Gasteiger partial charge in [-0.05, 0) is 55.3 Å². The molecule has 9 nitrogen and oxygen atoms in total. The van der Waals surface area contributed by atoms with Crippen molar-refractivity contribution in [1.29, 1.82) is 0 Å². The monoisotopic (exact) mass is 499 g/mol. The van der Waals surface area contributed by atoms with Crippen molar-refractivity contribution in [3.63, 3.8) is 0 Å². The number of amides is 1. The van der Waals surface area contributed by atoms with Crippen LogP contribution in [0.3, 0.4) is 0 Å². The molecule has 36 heavy (non-hydrogen) atoms. The zero-order chi connectivity index (χ0) is 25.5. The zero-order valence-electron chi connectivity index (χ0n) is 19.4. The van der Waals surface area contributed by atoms with Crippen LogP contribution >= 0.6 is 0 Å². The van der Waals surface area contributed by atoms with Crippen LogP contribution in [0, 0.1) is 0 Å². The van der Waals surface area contributed by atoms with Crippen molar-refractivity contribution in [2.24, 2.45) is 0 Å². The first kappa shape index (κ1) is 24.9. The fourth-order valence-electron chi connectivity index (χ4n) is 3.50. The second-order valence-corrected chi connectivity index (χ2v) is 7.83. The van der Waals surface area contributed by atoms with Gasteiger partial charge >= 0.3 is 6.36 Å². The number of nitrogens with zero attached hydrogens (tertiary/aromatic N) is 6. The first-order valence-corrected chi connectivity index (χ1v) is 11.4. The number of aryl methyl sites for hydroxylation is 2. The van der Waals surface area contributed by atoms with Gasteiger partial charge in [-0.2, -0.15) is 20.1 Å². The molecule has 2 aromatic heterocycles. The minimum absolute atomic E-state index is 0.222. The highest BCUT2D eigenvalue weighted by Gasteiger charge is 2.31. The molecule has 1 N–H and O–H groups in total. The van der Waals surface area contributed by atoms with Crippen LogP contribution in [0.15, 0.2) is 60.9 Å². The quantitative estimate of drug-likeness (QED) is 0.329. The van der Waals surface area contributed by atoms with Crippen molar-refractivity contribution in [2.75, 3.05) is 6.54 Å². The maximum atomic E-state index is 12.7. The third-order valence-electron chi connectivity index (χ3n) is 5.20.